The maximum atomic E-state index is 8.20. The van der Waals surface area contributed by atoms with Gasteiger partial charge in [0.15, 0.2) is 6.29 Å². The summed E-state index contributed by atoms with van der Waals surface area (Å²) >= 11 is 0. The van der Waals surface area contributed by atoms with E-state index in [1.807, 2.05) is 0 Å². The highest BCUT2D eigenvalue weighted by atomic mass is 16.7. The smallest absolute Gasteiger partial charge is 0.186 e. The van der Waals surface area contributed by atoms with E-state index in [1.165, 1.54) is 0 Å². The number of hydrogen-bond donors (Lipinski definition) is 0. The van der Waals surface area contributed by atoms with Gasteiger partial charge in [-0.25, -0.2) is 0 Å². The predicted molar refractivity (Wildman–Crippen MR) is 82.1 cm³/mol. The molecule has 23 heavy (non-hydrogen) atoms. The van der Waals surface area contributed by atoms with Crippen molar-refractivity contribution in [3.63, 3.8) is 0 Å². The molecule has 0 bridgehead atoms. The number of hydrogen-bond acceptors (Lipinski definition) is 7. The fraction of sp³-hybridized carbons (Fsp3) is 1.00. The predicted octanol–water partition coefficient (Wildman–Crippen LogP) is 1.51. The van der Waals surface area contributed by atoms with E-state index in [0.29, 0.717) is 19.8 Å². The maximum absolute atomic E-state index is 8.20. The monoisotopic (exact) mass is 333 g/mol. The molecule has 0 aromatic heterocycles. The summed E-state index contributed by atoms with van der Waals surface area (Å²) in [4.78, 5) is 2.71. The number of nitrogens with zero attached hydrogens (tertiary/aromatic N) is 3. The lowest BCUT2D eigenvalue weighted by atomic mass is 9.98. The Kier molecular flexibility index (Phi) is 10.1. The number of rotatable bonds is 11. The first-order chi connectivity index (χ1) is 11.2. The van der Waals surface area contributed by atoms with Crippen LogP contribution in [-0.2, 0) is 28.4 Å². The third kappa shape index (κ3) is 5.89. The highest BCUT2D eigenvalue weighted by Crippen LogP contribution is 2.27. The topological polar surface area (TPSA) is 104 Å². The second-order valence-corrected chi connectivity index (χ2v) is 5.12. The van der Waals surface area contributed by atoms with Crippen LogP contribution in [0.2, 0.25) is 0 Å². The van der Waals surface area contributed by atoms with Gasteiger partial charge in [0.2, 0.25) is 0 Å². The van der Waals surface area contributed by atoms with Gasteiger partial charge in [-0.3, -0.25) is 0 Å². The lowest BCUT2D eigenvalue weighted by Crippen LogP contribution is -2.61. The van der Waals surface area contributed by atoms with Crippen LogP contribution in [-0.4, -0.2) is 78.9 Å². The lowest BCUT2D eigenvalue weighted by Gasteiger charge is -2.44. The van der Waals surface area contributed by atoms with E-state index in [1.54, 1.807) is 28.4 Å². The molecule has 0 aromatic rings. The van der Waals surface area contributed by atoms with Gasteiger partial charge in [-0.05, 0) is 18.4 Å². The molecule has 0 aliphatic carbocycles. The SMILES string of the molecule is CO[C@H]1O[C@H](COCCCCN=[N+]=[N-])[C@@H](OC)[C@H](OC)[C@H]1OC. The molecule has 0 unspecified atom stereocenters. The van der Waals surface area contributed by atoms with E-state index >= 15 is 0 Å². The second-order valence-electron chi connectivity index (χ2n) is 5.12. The standard InChI is InChI=1S/C14H27N3O6/c1-18-11-10(9-22-8-6-5-7-16-17-15)23-14(21-4)13(20-3)12(11)19-2/h10-14H,5-9H2,1-4H3/t10-,11-,12+,13-,14+/m1/s1. The molecular formula is C14H27N3O6. The third-order valence-electron chi connectivity index (χ3n) is 3.78. The summed E-state index contributed by atoms with van der Waals surface area (Å²) < 4.78 is 33.3. The summed E-state index contributed by atoms with van der Waals surface area (Å²) in [5, 5.41) is 3.48. The highest BCUT2D eigenvalue weighted by Gasteiger charge is 2.47. The fourth-order valence-corrected chi connectivity index (χ4v) is 2.63. The molecule has 1 rings (SSSR count). The molecule has 1 saturated heterocycles. The van der Waals surface area contributed by atoms with Crippen molar-refractivity contribution in [2.24, 2.45) is 5.11 Å². The van der Waals surface area contributed by atoms with Crippen molar-refractivity contribution >= 4 is 0 Å². The van der Waals surface area contributed by atoms with Gasteiger partial charge in [-0.15, -0.1) is 0 Å². The van der Waals surface area contributed by atoms with Crippen LogP contribution in [0.15, 0.2) is 5.11 Å². The highest BCUT2D eigenvalue weighted by molar-refractivity contribution is 4.92. The van der Waals surface area contributed by atoms with Crippen molar-refractivity contribution in [1.29, 1.82) is 0 Å². The van der Waals surface area contributed by atoms with Crippen LogP contribution in [0.25, 0.3) is 10.4 Å². The molecule has 0 spiro atoms. The van der Waals surface area contributed by atoms with E-state index < -0.39 is 6.29 Å². The minimum absolute atomic E-state index is 0.317. The lowest BCUT2D eigenvalue weighted by molar-refractivity contribution is -0.308. The summed E-state index contributed by atoms with van der Waals surface area (Å²) in [5.41, 5.74) is 8.20. The first kappa shape index (κ1) is 20.1. The molecule has 5 atom stereocenters. The number of azide groups is 1. The van der Waals surface area contributed by atoms with Gasteiger partial charge >= 0.3 is 0 Å². The Morgan fingerprint density at radius 3 is 2.22 bits per heavy atom. The average Bonchev–Trinajstić information content (AvgIpc) is 2.59. The van der Waals surface area contributed by atoms with Crippen LogP contribution in [0.1, 0.15) is 12.8 Å². The molecule has 1 aliphatic heterocycles. The molecule has 9 nitrogen and oxygen atoms in total. The van der Waals surface area contributed by atoms with Gasteiger partial charge in [0, 0.05) is 46.5 Å². The van der Waals surface area contributed by atoms with Gasteiger partial charge in [-0.1, -0.05) is 5.11 Å². The minimum Gasteiger partial charge on any atom is -0.379 e. The molecular weight excluding hydrogens is 306 g/mol. The average molecular weight is 333 g/mol. The first-order valence-corrected chi connectivity index (χ1v) is 7.58. The zero-order valence-corrected chi connectivity index (χ0v) is 14.2. The molecule has 9 heteroatoms. The largest absolute Gasteiger partial charge is 0.379 e. The van der Waals surface area contributed by atoms with Gasteiger partial charge in [0.05, 0.1) is 6.61 Å². The molecule has 1 fully saturated rings. The Hall–Kier alpha value is -0.930. The second kappa shape index (κ2) is 11.6. The zero-order valence-electron chi connectivity index (χ0n) is 14.2. The van der Waals surface area contributed by atoms with Crippen LogP contribution in [0.4, 0.5) is 0 Å². The van der Waals surface area contributed by atoms with Gasteiger partial charge in [0.25, 0.3) is 0 Å². The normalized spacial score (nSPS) is 30.9. The van der Waals surface area contributed by atoms with Crippen LogP contribution in [0, 0.1) is 0 Å². The van der Waals surface area contributed by atoms with Crippen LogP contribution in [0.5, 0.6) is 0 Å². The van der Waals surface area contributed by atoms with Gasteiger partial charge < -0.3 is 28.4 Å². The van der Waals surface area contributed by atoms with Crippen LogP contribution in [0.3, 0.4) is 0 Å². The number of methoxy groups -OCH3 is 4. The Balaban J connectivity index is 2.50. The number of unbranched alkanes of at least 4 members (excludes halogenated alkanes) is 1. The van der Waals surface area contributed by atoms with Crippen molar-refractivity contribution < 1.29 is 28.4 Å². The van der Waals surface area contributed by atoms with E-state index in [-0.39, 0.29) is 24.4 Å². The summed E-state index contributed by atoms with van der Waals surface area (Å²) in [5.74, 6) is 0. The van der Waals surface area contributed by atoms with E-state index in [2.05, 4.69) is 10.0 Å². The molecule has 0 aromatic carbocycles. The van der Waals surface area contributed by atoms with E-state index in [0.717, 1.165) is 12.8 Å². The zero-order chi connectivity index (χ0) is 17.1. The van der Waals surface area contributed by atoms with Crippen molar-refractivity contribution in [1.82, 2.24) is 0 Å². The summed E-state index contributed by atoms with van der Waals surface area (Å²) in [6.07, 6.45) is -0.285. The van der Waals surface area contributed by atoms with Crippen LogP contribution >= 0.6 is 0 Å². The van der Waals surface area contributed by atoms with Crippen molar-refractivity contribution in [2.45, 2.75) is 43.5 Å². The van der Waals surface area contributed by atoms with Crippen molar-refractivity contribution in [3.05, 3.63) is 10.4 Å². The molecule has 0 saturated carbocycles. The first-order valence-electron chi connectivity index (χ1n) is 7.58. The molecule has 0 N–H and O–H groups in total. The fourth-order valence-electron chi connectivity index (χ4n) is 2.63. The van der Waals surface area contributed by atoms with Crippen molar-refractivity contribution in [3.8, 4) is 0 Å². The number of ether oxygens (including phenoxy) is 6. The summed E-state index contributed by atoms with van der Waals surface area (Å²) in [6, 6.07) is 0. The van der Waals surface area contributed by atoms with Gasteiger partial charge in [-0.2, -0.15) is 0 Å². The Bertz CT molecular complexity index is 366. The Morgan fingerprint density at radius 1 is 0.957 bits per heavy atom. The van der Waals surface area contributed by atoms with Crippen LogP contribution < -0.4 is 0 Å². The third-order valence-corrected chi connectivity index (χ3v) is 3.78. The molecule has 0 radical (unpaired) electrons. The quantitative estimate of drug-likeness (QED) is 0.246. The summed E-state index contributed by atoms with van der Waals surface area (Å²) in [7, 11) is 6.35. The molecule has 1 aliphatic rings. The molecule has 0 amide bonds. The molecule has 134 valence electrons. The Morgan fingerprint density at radius 2 is 1.65 bits per heavy atom. The summed E-state index contributed by atoms with van der Waals surface area (Å²) in [6.45, 7) is 1.39. The minimum atomic E-state index is -0.546. The van der Waals surface area contributed by atoms with Crippen molar-refractivity contribution in [2.75, 3.05) is 48.2 Å². The molecule has 1 heterocycles. The van der Waals surface area contributed by atoms with E-state index in [4.69, 9.17) is 34.0 Å². The van der Waals surface area contributed by atoms with Gasteiger partial charge in [0.1, 0.15) is 24.4 Å². The Labute approximate surface area is 136 Å². The van der Waals surface area contributed by atoms with E-state index in [9.17, 15) is 0 Å². The maximum Gasteiger partial charge on any atom is 0.186 e.